The fourth-order valence-corrected chi connectivity index (χ4v) is 10.7. The summed E-state index contributed by atoms with van der Waals surface area (Å²) >= 11 is 0. The quantitative estimate of drug-likeness (QED) is 0.175. The monoisotopic (exact) mass is 774 g/mol. The van der Waals surface area contributed by atoms with Crippen LogP contribution in [0, 0.1) is 0 Å². The van der Waals surface area contributed by atoms with Crippen LogP contribution < -0.4 is 0 Å². The van der Waals surface area contributed by atoms with E-state index in [1.807, 2.05) is 12.1 Å². The average Bonchev–Trinajstić information content (AvgIpc) is 4.06. The summed E-state index contributed by atoms with van der Waals surface area (Å²) in [5, 5.41) is 9.86. The zero-order chi connectivity index (χ0) is 39.8. The van der Waals surface area contributed by atoms with E-state index in [1.165, 1.54) is 98.9 Å². The summed E-state index contributed by atoms with van der Waals surface area (Å²) in [4.78, 5) is 0. The summed E-state index contributed by atoms with van der Waals surface area (Å²) in [6, 6.07) is 75.6. The first-order chi connectivity index (χ1) is 30.3. The van der Waals surface area contributed by atoms with Crippen LogP contribution in [0.2, 0.25) is 0 Å². The highest BCUT2D eigenvalue weighted by Gasteiger charge is 2.23. The van der Waals surface area contributed by atoms with Crippen LogP contribution in [0.15, 0.2) is 211 Å². The molecule has 0 saturated carbocycles. The largest absolute Gasteiger partial charge is 0.456 e. The molecule has 10 aromatic carbocycles. The number of aromatic nitrogens is 2. The second-order valence-corrected chi connectivity index (χ2v) is 16.4. The molecule has 0 fully saturated rings. The minimum absolute atomic E-state index is 0.902. The minimum atomic E-state index is 0.902. The molecular weight excluding hydrogens is 741 g/mol. The van der Waals surface area contributed by atoms with E-state index in [0.29, 0.717) is 0 Å². The van der Waals surface area contributed by atoms with Crippen LogP contribution in [0.1, 0.15) is 0 Å². The molecular formula is C58H34N2O. The molecule has 61 heavy (non-hydrogen) atoms. The lowest BCUT2D eigenvalue weighted by Crippen LogP contribution is -1.95. The highest BCUT2D eigenvalue weighted by molar-refractivity contribution is 6.20. The van der Waals surface area contributed by atoms with Crippen molar-refractivity contribution in [1.29, 1.82) is 0 Å². The van der Waals surface area contributed by atoms with Gasteiger partial charge in [-0.15, -0.1) is 0 Å². The Morgan fingerprint density at radius 1 is 0.262 bits per heavy atom. The van der Waals surface area contributed by atoms with Crippen molar-refractivity contribution in [3.63, 3.8) is 0 Å². The first kappa shape index (κ1) is 32.8. The van der Waals surface area contributed by atoms with E-state index in [1.54, 1.807) is 0 Å². The van der Waals surface area contributed by atoms with Crippen LogP contribution in [-0.2, 0) is 0 Å². The molecule has 13 aromatic rings. The summed E-state index contributed by atoms with van der Waals surface area (Å²) in [6.07, 6.45) is 0. The molecule has 0 aliphatic heterocycles. The van der Waals surface area contributed by atoms with Crippen LogP contribution in [0.25, 0.3) is 132 Å². The molecule has 3 aromatic heterocycles. The number of rotatable bonds is 4. The van der Waals surface area contributed by atoms with Gasteiger partial charge in [0.2, 0.25) is 0 Å². The fraction of sp³-hybridized carbons (Fsp3) is 0. The van der Waals surface area contributed by atoms with Crippen LogP contribution in [0.3, 0.4) is 0 Å². The fourth-order valence-electron chi connectivity index (χ4n) is 10.7. The van der Waals surface area contributed by atoms with Gasteiger partial charge < -0.3 is 13.6 Å². The Morgan fingerprint density at radius 3 is 1.72 bits per heavy atom. The molecule has 14 rings (SSSR count). The molecule has 0 N–H and O–H groups in total. The van der Waals surface area contributed by atoms with Crippen molar-refractivity contribution in [1.82, 2.24) is 9.13 Å². The van der Waals surface area contributed by atoms with Crippen molar-refractivity contribution >= 4 is 76.3 Å². The highest BCUT2D eigenvalue weighted by atomic mass is 16.3. The molecule has 282 valence electrons. The summed E-state index contributed by atoms with van der Waals surface area (Å²) in [6.45, 7) is 0. The first-order valence-corrected chi connectivity index (χ1v) is 21.0. The second kappa shape index (κ2) is 12.2. The van der Waals surface area contributed by atoms with Crippen LogP contribution in [0.4, 0.5) is 0 Å². The predicted molar refractivity (Wildman–Crippen MR) is 255 cm³/mol. The number of benzene rings is 10. The molecule has 0 radical (unpaired) electrons. The van der Waals surface area contributed by atoms with Crippen molar-refractivity contribution in [2.45, 2.75) is 0 Å². The van der Waals surface area contributed by atoms with E-state index in [0.717, 1.165) is 33.3 Å². The topological polar surface area (TPSA) is 23.0 Å². The molecule has 1 aliphatic carbocycles. The maximum atomic E-state index is 6.21. The number of fused-ring (bicyclic) bond motifs is 12. The first-order valence-electron chi connectivity index (χ1n) is 21.0. The molecule has 0 atom stereocenters. The number of nitrogens with zero attached hydrogens (tertiary/aromatic N) is 2. The van der Waals surface area contributed by atoms with Crippen LogP contribution in [0.5, 0.6) is 0 Å². The summed E-state index contributed by atoms with van der Waals surface area (Å²) < 4.78 is 11.1. The van der Waals surface area contributed by atoms with E-state index >= 15 is 0 Å². The van der Waals surface area contributed by atoms with Crippen molar-refractivity contribution in [2.24, 2.45) is 0 Å². The second-order valence-electron chi connectivity index (χ2n) is 16.4. The molecule has 0 unspecified atom stereocenters. The maximum Gasteiger partial charge on any atom is 0.135 e. The molecule has 3 nitrogen and oxygen atoms in total. The van der Waals surface area contributed by atoms with E-state index in [4.69, 9.17) is 4.42 Å². The third-order valence-electron chi connectivity index (χ3n) is 13.3. The summed E-state index contributed by atoms with van der Waals surface area (Å²) in [5.41, 5.74) is 19.0. The smallest absolute Gasteiger partial charge is 0.135 e. The van der Waals surface area contributed by atoms with Gasteiger partial charge in [0.15, 0.2) is 0 Å². The van der Waals surface area contributed by atoms with Gasteiger partial charge in [-0.2, -0.15) is 0 Å². The third kappa shape index (κ3) is 4.52. The van der Waals surface area contributed by atoms with E-state index in [2.05, 4.69) is 203 Å². The van der Waals surface area contributed by atoms with Crippen molar-refractivity contribution in [3.8, 4) is 55.9 Å². The number of furan rings is 1. The third-order valence-corrected chi connectivity index (χ3v) is 13.3. The highest BCUT2D eigenvalue weighted by Crippen LogP contribution is 2.49. The van der Waals surface area contributed by atoms with Crippen molar-refractivity contribution in [2.75, 3.05) is 0 Å². The molecule has 0 amide bonds. The Morgan fingerprint density at radius 2 is 0.836 bits per heavy atom. The van der Waals surface area contributed by atoms with Crippen LogP contribution in [-0.4, -0.2) is 9.13 Å². The van der Waals surface area contributed by atoms with Crippen molar-refractivity contribution in [3.05, 3.63) is 206 Å². The van der Waals surface area contributed by atoms with Gasteiger partial charge in [0, 0.05) is 43.7 Å². The Hall–Kier alpha value is -8.14. The number of para-hydroxylation sites is 3. The van der Waals surface area contributed by atoms with Gasteiger partial charge in [-0.05, 0) is 122 Å². The van der Waals surface area contributed by atoms with Gasteiger partial charge in [0.1, 0.15) is 11.2 Å². The zero-order valence-electron chi connectivity index (χ0n) is 32.9. The molecule has 1 aliphatic rings. The van der Waals surface area contributed by atoms with Gasteiger partial charge in [0.05, 0.1) is 22.1 Å². The van der Waals surface area contributed by atoms with Gasteiger partial charge in [0.25, 0.3) is 0 Å². The lowest BCUT2D eigenvalue weighted by Gasteiger charge is -2.13. The summed E-state index contributed by atoms with van der Waals surface area (Å²) in [7, 11) is 0. The SMILES string of the molecule is c1cc(-c2ccc3c4c(cccc24)-c2ccccc2-3)cc(-n2c3ccccc3c3c(-c4ccc5c(c4)c4ccccc4n5-c4ccc5oc6ccccc6c5c4)cccc32)c1. The zero-order valence-corrected chi connectivity index (χ0v) is 32.9. The Labute approximate surface area is 350 Å². The standard InChI is InChI=1S/C58H34N2O/c1-2-15-42-41(14-1)46-21-10-20-45-39(28-29-47(42)57(45)46)35-12-9-13-37(32-35)60-52-23-7-4-18-48(52)58-40(19-11-24-54(58)60)36-26-30-53-49(33-36)43-16-3-6-22-51(43)59(53)38-27-31-56-50(34-38)44-17-5-8-25-55(44)61-56/h1-34H. The lowest BCUT2D eigenvalue weighted by atomic mass is 9.94. The van der Waals surface area contributed by atoms with Gasteiger partial charge in [-0.25, -0.2) is 0 Å². The summed E-state index contributed by atoms with van der Waals surface area (Å²) in [5.74, 6) is 0. The predicted octanol–water partition coefficient (Wildman–Crippen LogP) is 15.9. The normalized spacial score (nSPS) is 12.3. The molecule has 0 bridgehead atoms. The van der Waals surface area contributed by atoms with Crippen LogP contribution >= 0.6 is 0 Å². The molecule has 3 heterocycles. The molecule has 0 spiro atoms. The van der Waals surface area contributed by atoms with E-state index < -0.39 is 0 Å². The molecule has 0 saturated heterocycles. The Kier molecular flexibility index (Phi) is 6.56. The van der Waals surface area contributed by atoms with E-state index in [-0.39, 0.29) is 0 Å². The van der Waals surface area contributed by atoms with Gasteiger partial charge in [-0.1, -0.05) is 140 Å². The Bertz CT molecular complexity index is 3980. The van der Waals surface area contributed by atoms with Gasteiger partial charge in [-0.3, -0.25) is 0 Å². The van der Waals surface area contributed by atoms with Gasteiger partial charge >= 0.3 is 0 Å². The number of hydrogen-bond donors (Lipinski definition) is 0. The Balaban J connectivity index is 0.940. The molecule has 3 heteroatoms. The lowest BCUT2D eigenvalue weighted by molar-refractivity contribution is 0.669. The maximum absolute atomic E-state index is 6.21. The minimum Gasteiger partial charge on any atom is -0.456 e. The van der Waals surface area contributed by atoms with E-state index in [9.17, 15) is 0 Å². The average molecular weight is 775 g/mol. The number of hydrogen-bond acceptors (Lipinski definition) is 1. The van der Waals surface area contributed by atoms with Crippen molar-refractivity contribution < 1.29 is 4.42 Å².